The van der Waals surface area contributed by atoms with E-state index in [0.29, 0.717) is 13.2 Å². The number of rotatable bonds is 1. The lowest BCUT2D eigenvalue weighted by Crippen LogP contribution is -2.42. The zero-order chi connectivity index (χ0) is 9.97. The van der Waals surface area contributed by atoms with Crippen molar-refractivity contribution in [3.05, 3.63) is 29.8 Å². The Bertz CT molecular complexity index is 327. The lowest BCUT2D eigenvalue weighted by Gasteiger charge is -2.20. The van der Waals surface area contributed by atoms with Gasteiger partial charge in [-0.1, -0.05) is 6.07 Å². The molecule has 0 amide bonds. The first-order valence-electron chi connectivity index (χ1n) is 4.45. The second-order valence-corrected chi connectivity index (χ2v) is 3.09. The van der Waals surface area contributed by atoms with Gasteiger partial charge in [0.2, 0.25) is 0 Å². The Labute approximate surface area is 81.0 Å². The molecule has 74 valence electrons. The van der Waals surface area contributed by atoms with Crippen molar-refractivity contribution in [1.82, 2.24) is 0 Å². The third-order valence-corrected chi connectivity index (χ3v) is 2.04. The second-order valence-electron chi connectivity index (χ2n) is 3.09. The minimum absolute atomic E-state index is 0.256. The summed E-state index contributed by atoms with van der Waals surface area (Å²) in [4.78, 5) is 0. The van der Waals surface area contributed by atoms with Crippen LogP contribution in [0.2, 0.25) is 0 Å². The fourth-order valence-electron chi connectivity index (χ4n) is 1.36. The highest BCUT2D eigenvalue weighted by Crippen LogP contribution is 2.06. The van der Waals surface area contributed by atoms with Gasteiger partial charge in [-0.2, -0.15) is 0 Å². The van der Waals surface area contributed by atoms with Crippen LogP contribution in [0.5, 0.6) is 0 Å². The molecular weight excluding hydrogens is 189 g/mol. The van der Waals surface area contributed by atoms with Gasteiger partial charge in [-0.3, -0.25) is 0 Å². The highest BCUT2D eigenvalue weighted by Gasteiger charge is 2.27. The summed E-state index contributed by atoms with van der Waals surface area (Å²) in [7, 11) is -0.690. The molecule has 0 radical (unpaired) electrons. The molecule has 1 heterocycles. The quantitative estimate of drug-likeness (QED) is 0.629. The van der Waals surface area contributed by atoms with Crippen LogP contribution in [-0.2, 0) is 9.31 Å². The maximum absolute atomic E-state index is 13.2. The zero-order valence-electron chi connectivity index (χ0n) is 7.50. The van der Waals surface area contributed by atoms with Crippen molar-refractivity contribution in [2.75, 3.05) is 13.2 Å². The molecule has 0 aromatic heterocycles. The van der Waals surface area contributed by atoms with Gasteiger partial charge in [0.05, 0.1) is 0 Å². The molecule has 1 aromatic rings. The van der Waals surface area contributed by atoms with E-state index >= 15 is 0 Å². The Balaban J connectivity index is 2.22. The molecule has 1 aliphatic heterocycles. The summed E-state index contributed by atoms with van der Waals surface area (Å²) in [5.41, 5.74) is 0.256. The van der Waals surface area contributed by atoms with Crippen LogP contribution in [0.25, 0.3) is 0 Å². The van der Waals surface area contributed by atoms with Crippen molar-refractivity contribution in [3.8, 4) is 0 Å². The Morgan fingerprint density at radius 1 is 1.14 bits per heavy atom. The first-order chi connectivity index (χ1) is 6.77. The molecule has 2 rings (SSSR count). The molecule has 0 aliphatic carbocycles. The van der Waals surface area contributed by atoms with E-state index in [1.807, 2.05) is 0 Å². The minimum Gasteiger partial charge on any atom is -0.407 e. The lowest BCUT2D eigenvalue weighted by molar-refractivity contribution is 0.143. The van der Waals surface area contributed by atoms with Gasteiger partial charge in [0.15, 0.2) is 0 Å². The van der Waals surface area contributed by atoms with Gasteiger partial charge in [-0.25, -0.2) is 8.78 Å². The van der Waals surface area contributed by atoms with Crippen LogP contribution in [-0.4, -0.2) is 20.3 Å². The van der Waals surface area contributed by atoms with Crippen LogP contribution >= 0.6 is 0 Å². The normalized spacial score (nSPS) is 17.1. The summed E-state index contributed by atoms with van der Waals surface area (Å²) in [6.07, 6.45) is 0.805. The minimum atomic E-state index is -0.690. The highest BCUT2D eigenvalue weighted by atomic mass is 19.1. The summed E-state index contributed by atoms with van der Waals surface area (Å²) in [5.74, 6) is -1.22. The molecular formula is C9H9BF2O2. The van der Waals surface area contributed by atoms with Crippen molar-refractivity contribution >= 4 is 12.6 Å². The standard InChI is InChI=1S/C9H9BF2O2/c11-7-2-3-8(9(12)6-7)10-13-4-1-5-14-10/h2-3,6H,1,4-5H2. The van der Waals surface area contributed by atoms with Gasteiger partial charge < -0.3 is 9.31 Å². The van der Waals surface area contributed by atoms with E-state index in [4.69, 9.17) is 9.31 Å². The molecule has 0 saturated carbocycles. The number of hydrogen-bond donors (Lipinski definition) is 0. The van der Waals surface area contributed by atoms with Crippen LogP contribution in [0.3, 0.4) is 0 Å². The molecule has 0 bridgehead atoms. The average Bonchev–Trinajstić information content (AvgIpc) is 2.19. The van der Waals surface area contributed by atoms with Crippen molar-refractivity contribution in [3.63, 3.8) is 0 Å². The third-order valence-electron chi connectivity index (χ3n) is 2.04. The SMILES string of the molecule is Fc1ccc(B2OCCCO2)c(F)c1. The number of benzene rings is 1. The van der Waals surface area contributed by atoms with Crippen LogP contribution in [0.4, 0.5) is 8.78 Å². The molecule has 5 heteroatoms. The second kappa shape index (κ2) is 4.06. The maximum atomic E-state index is 13.2. The van der Waals surface area contributed by atoms with Gasteiger partial charge in [0.25, 0.3) is 0 Å². The van der Waals surface area contributed by atoms with Crippen LogP contribution in [0.15, 0.2) is 18.2 Å². The molecule has 14 heavy (non-hydrogen) atoms. The third kappa shape index (κ3) is 1.94. The van der Waals surface area contributed by atoms with Crippen molar-refractivity contribution < 1.29 is 18.1 Å². The topological polar surface area (TPSA) is 18.5 Å². The van der Waals surface area contributed by atoms with Crippen molar-refractivity contribution in [2.45, 2.75) is 6.42 Å². The Kier molecular flexibility index (Phi) is 2.79. The van der Waals surface area contributed by atoms with Gasteiger partial charge in [0.1, 0.15) is 11.6 Å². The largest absolute Gasteiger partial charge is 0.496 e. The summed E-state index contributed by atoms with van der Waals surface area (Å²) < 4.78 is 36.2. The monoisotopic (exact) mass is 198 g/mol. The van der Waals surface area contributed by atoms with Crippen molar-refractivity contribution in [1.29, 1.82) is 0 Å². The van der Waals surface area contributed by atoms with E-state index in [2.05, 4.69) is 0 Å². The molecule has 0 atom stereocenters. The molecule has 0 spiro atoms. The Morgan fingerprint density at radius 3 is 2.50 bits per heavy atom. The van der Waals surface area contributed by atoms with Crippen LogP contribution in [0.1, 0.15) is 6.42 Å². The summed E-state index contributed by atoms with van der Waals surface area (Å²) in [5, 5.41) is 0. The first-order valence-corrected chi connectivity index (χ1v) is 4.45. The lowest BCUT2D eigenvalue weighted by atomic mass is 9.77. The maximum Gasteiger partial charge on any atom is 0.496 e. The Morgan fingerprint density at radius 2 is 1.86 bits per heavy atom. The molecule has 1 fully saturated rings. The summed E-state index contributed by atoms with van der Waals surface area (Å²) in [6, 6.07) is 3.37. The van der Waals surface area contributed by atoms with E-state index in [0.717, 1.165) is 12.5 Å². The number of hydrogen-bond acceptors (Lipinski definition) is 2. The molecule has 0 N–H and O–H groups in total. The number of halogens is 2. The summed E-state index contributed by atoms with van der Waals surface area (Å²) >= 11 is 0. The highest BCUT2D eigenvalue weighted by molar-refractivity contribution is 6.61. The predicted octanol–water partition coefficient (Wildman–Crippen LogP) is 1.10. The fourth-order valence-corrected chi connectivity index (χ4v) is 1.36. The molecule has 2 nitrogen and oxygen atoms in total. The molecule has 1 aromatic carbocycles. The van der Waals surface area contributed by atoms with Gasteiger partial charge in [0, 0.05) is 24.7 Å². The zero-order valence-corrected chi connectivity index (χ0v) is 7.50. The van der Waals surface area contributed by atoms with Crippen molar-refractivity contribution in [2.24, 2.45) is 0 Å². The van der Waals surface area contributed by atoms with E-state index in [1.54, 1.807) is 0 Å². The fraction of sp³-hybridized carbons (Fsp3) is 0.333. The van der Waals surface area contributed by atoms with Gasteiger partial charge in [-0.05, 0) is 12.5 Å². The van der Waals surface area contributed by atoms with E-state index in [9.17, 15) is 8.78 Å². The van der Waals surface area contributed by atoms with E-state index < -0.39 is 18.8 Å². The van der Waals surface area contributed by atoms with Crippen LogP contribution in [0, 0.1) is 11.6 Å². The molecule has 1 aliphatic rings. The van der Waals surface area contributed by atoms with Crippen LogP contribution < -0.4 is 5.46 Å². The van der Waals surface area contributed by atoms with Gasteiger partial charge >= 0.3 is 7.12 Å². The van der Waals surface area contributed by atoms with E-state index in [1.165, 1.54) is 12.1 Å². The molecule has 0 unspecified atom stereocenters. The van der Waals surface area contributed by atoms with E-state index in [-0.39, 0.29) is 5.46 Å². The first kappa shape index (κ1) is 9.61. The average molecular weight is 198 g/mol. The summed E-state index contributed by atoms with van der Waals surface area (Å²) in [6.45, 7) is 1.09. The predicted molar refractivity (Wildman–Crippen MR) is 48.3 cm³/mol. The molecule has 1 saturated heterocycles. The smallest absolute Gasteiger partial charge is 0.407 e. The Hall–Kier alpha value is -0.935. The van der Waals surface area contributed by atoms with Gasteiger partial charge in [-0.15, -0.1) is 0 Å².